The summed E-state index contributed by atoms with van der Waals surface area (Å²) in [5.74, 6) is -0.947. The molecule has 5 nitrogen and oxygen atoms in total. The Morgan fingerprint density at radius 3 is 2.54 bits per heavy atom. The van der Waals surface area contributed by atoms with Crippen LogP contribution in [0.2, 0.25) is 5.02 Å². The molecule has 10 heteroatoms. The number of carbonyl (C=O) groups excluding carboxylic acids is 2. The molecule has 0 unspecified atom stereocenters. The summed E-state index contributed by atoms with van der Waals surface area (Å²) in [6.07, 6.45) is -4.56. The lowest BCUT2D eigenvalue weighted by Gasteiger charge is -2.73. The number of amides is 3. The average Bonchev–Trinajstić information content (AvgIpc) is 2.52. The maximum Gasteiger partial charge on any atom is 0.394 e. The van der Waals surface area contributed by atoms with Crippen molar-refractivity contribution in [3.8, 4) is 0 Å². The minimum Gasteiger partial charge on any atom is -0.353 e. The first kappa shape index (κ1) is 19.3. The van der Waals surface area contributed by atoms with Crippen LogP contribution in [-0.4, -0.2) is 42.6 Å². The fourth-order valence-electron chi connectivity index (χ4n) is 4.78. The van der Waals surface area contributed by atoms with Crippen molar-refractivity contribution in [2.75, 3.05) is 19.6 Å². The summed E-state index contributed by atoms with van der Waals surface area (Å²) < 4.78 is 53.3. The molecule has 28 heavy (non-hydrogen) atoms. The second-order valence-electron chi connectivity index (χ2n) is 8.00. The van der Waals surface area contributed by atoms with E-state index in [9.17, 15) is 27.2 Å². The minimum atomic E-state index is -4.28. The van der Waals surface area contributed by atoms with E-state index in [0.29, 0.717) is 18.7 Å². The van der Waals surface area contributed by atoms with E-state index in [1.807, 2.05) is 0 Å². The Kier molecular flexibility index (Phi) is 4.30. The molecule has 1 saturated heterocycles. The maximum absolute atomic E-state index is 13.6. The van der Waals surface area contributed by atoms with Crippen molar-refractivity contribution in [1.29, 1.82) is 0 Å². The summed E-state index contributed by atoms with van der Waals surface area (Å²) in [6.45, 7) is 0.484. The van der Waals surface area contributed by atoms with Gasteiger partial charge in [0.1, 0.15) is 12.4 Å². The van der Waals surface area contributed by atoms with Crippen LogP contribution in [0, 0.1) is 16.6 Å². The molecule has 4 aliphatic rings. The molecule has 1 aliphatic heterocycles. The van der Waals surface area contributed by atoms with Crippen molar-refractivity contribution in [3.63, 3.8) is 0 Å². The zero-order valence-electron chi connectivity index (χ0n) is 14.7. The standard InChI is InChI=1S/C18H18ClF4N3O2/c19-11-5-10(1-2-12(11)20)14(16-7-17(8-16,9-16)18(21,22)23)25-15(28)26-4-3-24-13(27)6-26/h1-2,5,14H,3-4,6-9H2,(H,24,27)(H,25,28)/t14-,16?,17?/m0/s1. The van der Waals surface area contributed by atoms with Crippen LogP contribution < -0.4 is 10.6 Å². The molecule has 1 aromatic rings. The van der Waals surface area contributed by atoms with Crippen LogP contribution in [-0.2, 0) is 4.79 Å². The van der Waals surface area contributed by atoms with E-state index in [-0.39, 0.29) is 36.7 Å². The number of carbonyl (C=O) groups is 2. The van der Waals surface area contributed by atoms with Crippen molar-refractivity contribution in [3.05, 3.63) is 34.6 Å². The molecule has 2 N–H and O–H groups in total. The van der Waals surface area contributed by atoms with Crippen LogP contribution in [0.5, 0.6) is 0 Å². The molecule has 3 amide bonds. The highest BCUT2D eigenvalue weighted by molar-refractivity contribution is 6.30. The fraction of sp³-hybridized carbons (Fsp3) is 0.556. The maximum atomic E-state index is 13.6. The molecule has 4 fully saturated rings. The van der Waals surface area contributed by atoms with Gasteiger partial charge in [-0.05, 0) is 42.4 Å². The second-order valence-corrected chi connectivity index (χ2v) is 8.41. The quantitative estimate of drug-likeness (QED) is 0.738. The summed E-state index contributed by atoms with van der Waals surface area (Å²) in [4.78, 5) is 25.5. The average molecular weight is 420 g/mol. The Bertz CT molecular complexity index is 825. The minimum absolute atomic E-state index is 0.0933. The number of alkyl halides is 3. The third kappa shape index (κ3) is 2.91. The van der Waals surface area contributed by atoms with Gasteiger partial charge >= 0.3 is 12.2 Å². The molecule has 5 rings (SSSR count). The molecular formula is C18H18ClF4N3O2. The molecular weight excluding hydrogens is 402 g/mol. The first-order valence-electron chi connectivity index (χ1n) is 8.89. The highest BCUT2D eigenvalue weighted by Crippen LogP contribution is 2.81. The molecule has 152 valence electrons. The summed E-state index contributed by atoms with van der Waals surface area (Å²) in [5.41, 5.74) is -1.98. The van der Waals surface area contributed by atoms with Crippen LogP contribution in [0.3, 0.4) is 0 Å². The monoisotopic (exact) mass is 419 g/mol. The highest BCUT2D eigenvalue weighted by Gasteiger charge is 2.80. The molecule has 1 atom stereocenters. The SMILES string of the molecule is O=C1CN(C(=O)N[C@@H](c2ccc(F)c(Cl)c2)C23CC(C(F)(F)F)(C2)C3)CCN1. The largest absolute Gasteiger partial charge is 0.394 e. The summed E-state index contributed by atoms with van der Waals surface area (Å²) in [5, 5.41) is 5.22. The van der Waals surface area contributed by atoms with E-state index in [1.54, 1.807) is 0 Å². The van der Waals surface area contributed by atoms with Gasteiger partial charge in [-0.25, -0.2) is 9.18 Å². The molecule has 0 spiro atoms. The predicted molar refractivity (Wildman–Crippen MR) is 92.0 cm³/mol. The number of halogens is 5. The van der Waals surface area contributed by atoms with Gasteiger partial charge in [0, 0.05) is 13.1 Å². The number of hydrogen-bond donors (Lipinski definition) is 2. The Morgan fingerprint density at radius 2 is 1.96 bits per heavy atom. The number of nitrogens with zero attached hydrogens (tertiary/aromatic N) is 1. The molecule has 1 aromatic carbocycles. The van der Waals surface area contributed by atoms with Crippen molar-refractivity contribution in [1.82, 2.24) is 15.5 Å². The topological polar surface area (TPSA) is 61.4 Å². The molecule has 0 radical (unpaired) electrons. The van der Waals surface area contributed by atoms with Crippen molar-refractivity contribution >= 4 is 23.5 Å². The van der Waals surface area contributed by atoms with Crippen LogP contribution in [0.15, 0.2) is 18.2 Å². The molecule has 3 saturated carbocycles. The number of urea groups is 1. The molecule has 3 aliphatic carbocycles. The second kappa shape index (κ2) is 6.23. The first-order valence-corrected chi connectivity index (χ1v) is 9.27. The van der Waals surface area contributed by atoms with E-state index >= 15 is 0 Å². The Balaban J connectivity index is 1.58. The number of piperazine rings is 1. The zero-order chi connectivity index (χ0) is 20.3. The van der Waals surface area contributed by atoms with Gasteiger partial charge in [-0.15, -0.1) is 0 Å². The Hall–Kier alpha value is -2.03. The van der Waals surface area contributed by atoms with Gasteiger partial charge in [-0.1, -0.05) is 17.7 Å². The molecule has 0 aromatic heterocycles. The summed E-state index contributed by atoms with van der Waals surface area (Å²) in [6, 6.07) is 2.62. The third-order valence-electron chi connectivity index (χ3n) is 6.16. The molecule has 1 heterocycles. The number of hydrogen-bond acceptors (Lipinski definition) is 2. The highest BCUT2D eigenvalue weighted by atomic mass is 35.5. The normalized spacial score (nSPS) is 30.0. The lowest BCUT2D eigenvalue weighted by Crippen LogP contribution is -2.72. The van der Waals surface area contributed by atoms with Crippen LogP contribution in [0.4, 0.5) is 22.4 Å². The fourth-order valence-corrected chi connectivity index (χ4v) is 4.97. The van der Waals surface area contributed by atoms with Gasteiger partial charge in [-0.2, -0.15) is 13.2 Å². The van der Waals surface area contributed by atoms with Gasteiger partial charge in [-0.3, -0.25) is 4.79 Å². The van der Waals surface area contributed by atoms with E-state index in [0.717, 1.165) is 6.07 Å². The Morgan fingerprint density at radius 1 is 1.29 bits per heavy atom. The van der Waals surface area contributed by atoms with E-state index in [2.05, 4.69) is 10.6 Å². The molecule has 2 bridgehead atoms. The number of nitrogens with one attached hydrogen (secondary N) is 2. The number of rotatable bonds is 3. The summed E-state index contributed by atoms with van der Waals surface area (Å²) in [7, 11) is 0. The lowest BCUT2D eigenvalue weighted by atomic mass is 9.32. The van der Waals surface area contributed by atoms with Gasteiger partial charge < -0.3 is 15.5 Å². The van der Waals surface area contributed by atoms with Gasteiger partial charge in [0.2, 0.25) is 5.91 Å². The van der Waals surface area contributed by atoms with Gasteiger partial charge in [0.15, 0.2) is 0 Å². The smallest absolute Gasteiger partial charge is 0.353 e. The van der Waals surface area contributed by atoms with Crippen LogP contribution in [0.1, 0.15) is 30.9 Å². The van der Waals surface area contributed by atoms with Gasteiger partial charge in [0.05, 0.1) is 16.5 Å². The first-order chi connectivity index (χ1) is 13.1. The Labute approximate surface area is 163 Å². The summed E-state index contributed by atoms with van der Waals surface area (Å²) >= 11 is 5.86. The van der Waals surface area contributed by atoms with E-state index < -0.39 is 34.9 Å². The van der Waals surface area contributed by atoms with Gasteiger partial charge in [0.25, 0.3) is 0 Å². The third-order valence-corrected chi connectivity index (χ3v) is 6.45. The van der Waals surface area contributed by atoms with Crippen molar-refractivity contribution < 1.29 is 27.2 Å². The van der Waals surface area contributed by atoms with Crippen molar-refractivity contribution in [2.24, 2.45) is 10.8 Å². The van der Waals surface area contributed by atoms with E-state index in [1.165, 1.54) is 17.0 Å². The van der Waals surface area contributed by atoms with Crippen LogP contribution in [0.25, 0.3) is 0 Å². The zero-order valence-corrected chi connectivity index (χ0v) is 15.5. The number of benzene rings is 1. The predicted octanol–water partition coefficient (Wildman–Crippen LogP) is 3.39. The van der Waals surface area contributed by atoms with Crippen molar-refractivity contribution in [2.45, 2.75) is 31.5 Å². The van der Waals surface area contributed by atoms with E-state index in [4.69, 9.17) is 11.6 Å². The van der Waals surface area contributed by atoms with Crippen LogP contribution >= 0.6 is 11.6 Å². The lowest BCUT2D eigenvalue weighted by molar-refractivity contribution is -0.370.